The van der Waals surface area contributed by atoms with Gasteiger partial charge in [-0.2, -0.15) is 18.3 Å². The lowest BCUT2D eigenvalue weighted by atomic mass is 10.0. The van der Waals surface area contributed by atoms with Crippen LogP contribution in [0.4, 0.5) is 18.0 Å². The summed E-state index contributed by atoms with van der Waals surface area (Å²) in [5.74, 6) is -5.39. The number of carboxylic acid groups (broad SMARTS) is 1. The van der Waals surface area contributed by atoms with Crippen LogP contribution in [0.3, 0.4) is 0 Å². The summed E-state index contributed by atoms with van der Waals surface area (Å²) in [6, 6.07) is 14.5. The lowest BCUT2D eigenvalue weighted by Crippen LogP contribution is -2.58. The Morgan fingerprint density at radius 2 is 1.55 bits per heavy atom. The Morgan fingerprint density at radius 1 is 0.936 bits per heavy atom. The van der Waals surface area contributed by atoms with Crippen molar-refractivity contribution >= 4 is 29.8 Å². The molecule has 4 N–H and O–H groups in total. The van der Waals surface area contributed by atoms with E-state index in [1.54, 1.807) is 62.4 Å². The number of nitrogens with one attached hydrogen (secondary N) is 3. The van der Waals surface area contributed by atoms with Gasteiger partial charge >= 0.3 is 18.2 Å². The molecule has 0 spiro atoms. The van der Waals surface area contributed by atoms with Crippen molar-refractivity contribution in [2.24, 2.45) is 5.92 Å². The minimum absolute atomic E-state index is 0.0485. The third kappa shape index (κ3) is 10.8. The summed E-state index contributed by atoms with van der Waals surface area (Å²) in [7, 11) is 0. The van der Waals surface area contributed by atoms with Crippen LogP contribution in [0.5, 0.6) is 5.88 Å². The Bertz CT molecular complexity index is 1550. The van der Waals surface area contributed by atoms with E-state index >= 15 is 0 Å². The largest absolute Gasteiger partial charge is 0.480 e. The van der Waals surface area contributed by atoms with Crippen molar-refractivity contribution in [2.75, 3.05) is 13.2 Å². The number of halogens is 3. The van der Waals surface area contributed by atoms with Gasteiger partial charge in [0.1, 0.15) is 25.2 Å². The first kappa shape index (κ1) is 35.9. The normalized spacial score (nSPS) is 12.4. The van der Waals surface area contributed by atoms with Gasteiger partial charge in [-0.25, -0.2) is 14.5 Å². The number of carbonyl (C=O) groups excluding carboxylic acids is 4. The van der Waals surface area contributed by atoms with Crippen molar-refractivity contribution in [1.29, 1.82) is 0 Å². The zero-order chi connectivity index (χ0) is 34.7. The number of hydrogen-bond acceptors (Lipinski definition) is 8. The molecule has 3 aromatic rings. The molecule has 0 saturated carbocycles. The summed E-state index contributed by atoms with van der Waals surface area (Å²) >= 11 is 0. The van der Waals surface area contributed by atoms with Gasteiger partial charge in [-0.05, 0) is 30.5 Å². The number of ether oxygens (including phenoxy) is 2. The lowest BCUT2D eigenvalue weighted by molar-refractivity contribution is -0.151. The highest BCUT2D eigenvalue weighted by atomic mass is 19.4. The molecule has 252 valence electrons. The lowest BCUT2D eigenvalue weighted by Gasteiger charge is -2.26. The summed E-state index contributed by atoms with van der Waals surface area (Å²) in [5.41, 5.74) is 1.67. The van der Waals surface area contributed by atoms with Crippen molar-refractivity contribution in [1.82, 2.24) is 30.8 Å². The van der Waals surface area contributed by atoms with Gasteiger partial charge in [0, 0.05) is 6.07 Å². The van der Waals surface area contributed by atoms with E-state index < -0.39 is 78.7 Å². The molecule has 2 aromatic carbocycles. The standard InChI is InChI=1S/C30H33F3N6O8/c1-18(2)26(35-29(45)47-16-20-10-6-4-7-11-20)28(44)34-19(3)27(43)37-38(15-25(41)42)23(40)17-46-24-14-22(30(31,32)33)36-39(24)21-12-8-5-9-13-21/h4-14,18-19,26H,15-17H2,1-3H3,(H,34,44)(H,35,45)(H,37,43)(H,41,42)/t19-,26-/m0/s1. The molecule has 0 aliphatic rings. The molecule has 0 aliphatic carbocycles. The Morgan fingerprint density at radius 3 is 2.13 bits per heavy atom. The maximum absolute atomic E-state index is 13.4. The monoisotopic (exact) mass is 662 g/mol. The Labute approximate surface area is 266 Å². The molecule has 0 aliphatic heterocycles. The number of amides is 4. The van der Waals surface area contributed by atoms with E-state index in [4.69, 9.17) is 9.47 Å². The number of aromatic nitrogens is 2. The van der Waals surface area contributed by atoms with E-state index in [9.17, 15) is 42.3 Å². The number of benzene rings is 2. The molecule has 1 aromatic heterocycles. The number of carbonyl (C=O) groups is 5. The van der Waals surface area contributed by atoms with Crippen LogP contribution in [0, 0.1) is 5.92 Å². The van der Waals surface area contributed by atoms with Crippen LogP contribution >= 0.6 is 0 Å². The summed E-state index contributed by atoms with van der Waals surface area (Å²) < 4.78 is 51.3. The van der Waals surface area contributed by atoms with E-state index in [1.165, 1.54) is 19.1 Å². The molecule has 3 rings (SSSR count). The van der Waals surface area contributed by atoms with Crippen LogP contribution in [0.2, 0.25) is 0 Å². The molecule has 14 nitrogen and oxygen atoms in total. The van der Waals surface area contributed by atoms with Gasteiger partial charge < -0.3 is 25.2 Å². The smallest absolute Gasteiger partial charge is 0.435 e. The van der Waals surface area contributed by atoms with Crippen LogP contribution in [-0.4, -0.2) is 74.9 Å². The number of aliphatic carboxylic acids is 1. The summed E-state index contributed by atoms with van der Waals surface area (Å²) in [5, 5.41) is 18.0. The third-order valence-electron chi connectivity index (χ3n) is 6.34. The summed E-state index contributed by atoms with van der Waals surface area (Å²) in [6.07, 6.45) is -5.72. The number of alkyl carbamates (subject to hydrolysis) is 1. The van der Waals surface area contributed by atoms with Crippen molar-refractivity contribution < 1.29 is 51.7 Å². The number of carboxylic acids is 1. The molecule has 0 bridgehead atoms. The van der Waals surface area contributed by atoms with E-state index in [0.29, 0.717) is 11.1 Å². The van der Waals surface area contributed by atoms with Gasteiger partial charge in [0.15, 0.2) is 12.3 Å². The second-order valence-corrected chi connectivity index (χ2v) is 10.4. The number of para-hydroxylation sites is 1. The number of hydrazine groups is 1. The molecule has 0 radical (unpaired) electrons. The molecular formula is C30H33F3N6O8. The quantitative estimate of drug-likeness (QED) is 0.200. The minimum Gasteiger partial charge on any atom is -0.480 e. The van der Waals surface area contributed by atoms with Crippen LogP contribution in [-0.2, 0) is 36.7 Å². The highest BCUT2D eigenvalue weighted by molar-refractivity contribution is 5.92. The first-order valence-corrected chi connectivity index (χ1v) is 14.1. The van der Waals surface area contributed by atoms with Crippen LogP contribution in [0.15, 0.2) is 66.7 Å². The second kappa shape index (κ2) is 16.1. The zero-order valence-electron chi connectivity index (χ0n) is 25.5. The summed E-state index contributed by atoms with van der Waals surface area (Å²) in [4.78, 5) is 62.5. The Kier molecular flexibility index (Phi) is 12.3. The van der Waals surface area contributed by atoms with Crippen LogP contribution in [0.25, 0.3) is 5.69 Å². The second-order valence-electron chi connectivity index (χ2n) is 10.4. The number of hydrogen-bond donors (Lipinski definition) is 4. The first-order valence-electron chi connectivity index (χ1n) is 14.1. The fraction of sp³-hybridized carbons (Fsp3) is 0.333. The van der Waals surface area contributed by atoms with Gasteiger partial charge in [-0.1, -0.05) is 62.4 Å². The number of rotatable bonds is 13. The fourth-order valence-corrected chi connectivity index (χ4v) is 3.92. The highest BCUT2D eigenvalue weighted by Gasteiger charge is 2.36. The van der Waals surface area contributed by atoms with Crippen LogP contribution in [0.1, 0.15) is 32.0 Å². The molecule has 2 atom stereocenters. The van der Waals surface area contributed by atoms with Crippen molar-refractivity contribution in [2.45, 2.75) is 45.6 Å². The molecular weight excluding hydrogens is 629 g/mol. The van der Waals surface area contributed by atoms with Gasteiger partial charge in [0.25, 0.3) is 11.8 Å². The predicted octanol–water partition coefficient (Wildman–Crippen LogP) is 2.67. The average molecular weight is 663 g/mol. The zero-order valence-corrected chi connectivity index (χ0v) is 25.5. The summed E-state index contributed by atoms with van der Waals surface area (Å²) in [6.45, 7) is 2.43. The Balaban J connectivity index is 1.63. The van der Waals surface area contributed by atoms with Crippen molar-refractivity contribution in [3.05, 3.63) is 78.0 Å². The number of alkyl halides is 3. The van der Waals surface area contributed by atoms with E-state index in [0.717, 1.165) is 10.2 Å². The van der Waals surface area contributed by atoms with E-state index in [2.05, 4.69) is 21.2 Å². The minimum atomic E-state index is -4.83. The third-order valence-corrected chi connectivity index (χ3v) is 6.34. The van der Waals surface area contributed by atoms with Crippen molar-refractivity contribution in [3.63, 3.8) is 0 Å². The molecule has 47 heavy (non-hydrogen) atoms. The maximum Gasteiger partial charge on any atom is 0.435 e. The van der Waals surface area contributed by atoms with Gasteiger partial charge in [0.05, 0.1) is 5.69 Å². The van der Waals surface area contributed by atoms with Crippen molar-refractivity contribution in [3.8, 4) is 11.6 Å². The average Bonchev–Trinajstić information content (AvgIpc) is 3.46. The molecule has 1 heterocycles. The van der Waals surface area contributed by atoms with E-state index in [-0.39, 0.29) is 12.3 Å². The Hall–Kier alpha value is -5.61. The number of nitrogens with zero attached hydrogens (tertiary/aromatic N) is 3. The molecule has 0 unspecified atom stereocenters. The van der Waals surface area contributed by atoms with Crippen LogP contribution < -0.4 is 20.8 Å². The van der Waals surface area contributed by atoms with E-state index in [1.807, 2.05) is 0 Å². The van der Waals surface area contributed by atoms with Gasteiger partial charge in [-0.3, -0.25) is 24.6 Å². The maximum atomic E-state index is 13.4. The fourth-order valence-electron chi connectivity index (χ4n) is 3.92. The topological polar surface area (TPSA) is 181 Å². The van der Waals surface area contributed by atoms with Gasteiger partial charge in [0.2, 0.25) is 11.8 Å². The molecule has 17 heteroatoms. The van der Waals surface area contributed by atoms with Gasteiger partial charge in [-0.15, -0.1) is 0 Å². The highest BCUT2D eigenvalue weighted by Crippen LogP contribution is 2.32. The molecule has 4 amide bonds. The molecule has 0 saturated heterocycles. The first-order chi connectivity index (χ1) is 22.1. The SMILES string of the molecule is CC(C)[C@H](NC(=O)OCc1ccccc1)C(=O)N[C@@H](C)C(=O)NN(CC(=O)O)C(=O)COc1cc(C(F)(F)F)nn1-c1ccccc1. The molecule has 0 fully saturated rings. The predicted molar refractivity (Wildman–Crippen MR) is 158 cm³/mol.